The maximum Gasteiger partial charge on any atom is 0.412 e. The largest absolute Gasteiger partial charge is 0.493 e. The van der Waals surface area contributed by atoms with Gasteiger partial charge in [-0.05, 0) is 27.7 Å². The van der Waals surface area contributed by atoms with E-state index in [1.165, 1.54) is 14.2 Å². The van der Waals surface area contributed by atoms with Gasteiger partial charge in [0.15, 0.2) is 11.5 Å². The molecule has 0 saturated carbocycles. The van der Waals surface area contributed by atoms with Crippen LogP contribution in [0.2, 0.25) is 0 Å². The lowest BCUT2D eigenvalue weighted by Gasteiger charge is -2.39. The highest BCUT2D eigenvalue weighted by Crippen LogP contribution is 2.40. The van der Waals surface area contributed by atoms with E-state index in [2.05, 4.69) is 10.6 Å². The third-order valence-electron chi connectivity index (χ3n) is 3.45. The molecular formula is C17H26N2O5. The van der Waals surface area contributed by atoms with Gasteiger partial charge in [0.05, 0.1) is 19.9 Å². The first-order valence-corrected chi connectivity index (χ1v) is 7.81. The van der Waals surface area contributed by atoms with Gasteiger partial charge in [0.2, 0.25) is 0 Å². The summed E-state index contributed by atoms with van der Waals surface area (Å²) in [5.41, 5.74) is -0.444. The fourth-order valence-electron chi connectivity index (χ4n) is 2.34. The number of hydrogen-bond donors (Lipinski definition) is 2. The Hall–Kier alpha value is -2.15. The molecule has 0 bridgehead atoms. The van der Waals surface area contributed by atoms with Crippen molar-refractivity contribution in [3.63, 3.8) is 0 Å². The first-order valence-electron chi connectivity index (χ1n) is 7.81. The smallest absolute Gasteiger partial charge is 0.412 e. The molecule has 1 aliphatic heterocycles. The van der Waals surface area contributed by atoms with E-state index in [-0.39, 0.29) is 5.60 Å². The number of rotatable bonds is 5. The van der Waals surface area contributed by atoms with Gasteiger partial charge >= 0.3 is 6.09 Å². The number of ether oxygens (including phenoxy) is 4. The molecule has 1 amide bonds. The molecule has 0 radical (unpaired) electrons. The average molecular weight is 338 g/mol. The predicted molar refractivity (Wildman–Crippen MR) is 91.3 cm³/mol. The quantitative estimate of drug-likeness (QED) is 0.859. The Bertz CT molecular complexity index is 606. The fraction of sp³-hybridized carbons (Fsp3) is 0.588. The first kappa shape index (κ1) is 18.2. The van der Waals surface area contributed by atoms with Crippen LogP contribution in [0.15, 0.2) is 12.1 Å². The van der Waals surface area contributed by atoms with E-state index in [4.69, 9.17) is 18.9 Å². The monoisotopic (exact) mass is 338 g/mol. The van der Waals surface area contributed by atoms with Crippen LogP contribution in [-0.4, -0.2) is 44.6 Å². The Morgan fingerprint density at radius 3 is 2.33 bits per heavy atom. The Balaban J connectivity index is 2.27. The Labute approximate surface area is 142 Å². The molecule has 134 valence electrons. The van der Waals surface area contributed by atoms with Gasteiger partial charge in [-0.1, -0.05) is 0 Å². The van der Waals surface area contributed by atoms with Gasteiger partial charge in [-0.25, -0.2) is 4.79 Å². The summed E-state index contributed by atoms with van der Waals surface area (Å²) in [6.07, 6.45) is -0.573. The minimum atomic E-state index is -0.597. The summed E-state index contributed by atoms with van der Waals surface area (Å²) in [5, 5.41) is 5.87. The van der Waals surface area contributed by atoms with Crippen LogP contribution < -0.4 is 24.8 Å². The molecule has 2 N–H and O–H groups in total. The number of benzene rings is 1. The van der Waals surface area contributed by atoms with Crippen molar-refractivity contribution in [1.82, 2.24) is 5.32 Å². The number of methoxy groups -OCH3 is 2. The molecule has 1 aliphatic rings. The summed E-state index contributed by atoms with van der Waals surface area (Å²) in [5.74, 6) is 1.47. The maximum absolute atomic E-state index is 12.1. The van der Waals surface area contributed by atoms with Gasteiger partial charge in [-0.2, -0.15) is 0 Å². The van der Waals surface area contributed by atoms with Crippen molar-refractivity contribution in [1.29, 1.82) is 0 Å². The second kappa shape index (κ2) is 6.76. The molecule has 0 unspecified atom stereocenters. The zero-order valence-electron chi connectivity index (χ0n) is 15.1. The average Bonchev–Trinajstić information content (AvgIpc) is 2.42. The number of carbonyl (C=O) groups excluding carboxylic acids is 1. The summed E-state index contributed by atoms with van der Waals surface area (Å²) in [6.45, 7) is 8.94. The molecule has 1 fully saturated rings. The zero-order valence-corrected chi connectivity index (χ0v) is 15.1. The molecular weight excluding hydrogens is 312 g/mol. The van der Waals surface area contributed by atoms with Crippen LogP contribution in [0, 0.1) is 0 Å². The van der Waals surface area contributed by atoms with E-state index >= 15 is 0 Å². The van der Waals surface area contributed by atoms with Gasteiger partial charge in [0.25, 0.3) is 0 Å². The van der Waals surface area contributed by atoms with Crippen LogP contribution >= 0.6 is 0 Å². The molecule has 24 heavy (non-hydrogen) atoms. The normalized spacial score (nSPS) is 15.9. The van der Waals surface area contributed by atoms with E-state index in [1.54, 1.807) is 32.9 Å². The van der Waals surface area contributed by atoms with E-state index in [1.807, 2.05) is 6.92 Å². The van der Waals surface area contributed by atoms with E-state index in [0.29, 0.717) is 22.9 Å². The highest BCUT2D eigenvalue weighted by Gasteiger charge is 2.34. The standard InChI is InChI=1S/C17H26N2O5/c1-16(2,3)24-15(20)19-12-7-11(23-17(4)9-18-10-17)8-13(21-5)14(12)22-6/h7-8,18H,9-10H2,1-6H3,(H,19,20). The summed E-state index contributed by atoms with van der Waals surface area (Å²) < 4.78 is 22.0. The molecule has 1 heterocycles. The van der Waals surface area contributed by atoms with Gasteiger partial charge in [-0.15, -0.1) is 0 Å². The lowest BCUT2D eigenvalue weighted by atomic mass is 10.00. The van der Waals surface area contributed by atoms with Gasteiger partial charge in [0.1, 0.15) is 17.0 Å². The molecule has 0 aliphatic carbocycles. The number of carbonyl (C=O) groups is 1. The Morgan fingerprint density at radius 2 is 1.88 bits per heavy atom. The molecule has 0 atom stereocenters. The maximum atomic E-state index is 12.1. The van der Waals surface area contributed by atoms with E-state index < -0.39 is 11.7 Å². The number of nitrogens with one attached hydrogen (secondary N) is 2. The lowest BCUT2D eigenvalue weighted by molar-refractivity contribution is 0.0347. The molecule has 2 rings (SSSR count). The van der Waals surface area contributed by atoms with Crippen molar-refractivity contribution in [2.24, 2.45) is 0 Å². The third kappa shape index (κ3) is 4.44. The molecule has 0 aromatic heterocycles. The minimum absolute atomic E-state index is 0.275. The second-order valence-corrected chi connectivity index (χ2v) is 6.99. The molecule has 7 heteroatoms. The molecule has 1 saturated heterocycles. The second-order valence-electron chi connectivity index (χ2n) is 6.99. The lowest BCUT2D eigenvalue weighted by Crippen LogP contribution is -2.61. The third-order valence-corrected chi connectivity index (χ3v) is 3.45. The molecule has 7 nitrogen and oxygen atoms in total. The van der Waals surface area contributed by atoms with Gasteiger partial charge < -0.3 is 24.3 Å². The number of hydrogen-bond acceptors (Lipinski definition) is 6. The predicted octanol–water partition coefficient (Wildman–Crippen LogP) is 2.79. The van der Waals surface area contributed by atoms with Crippen LogP contribution in [0.25, 0.3) is 0 Å². The minimum Gasteiger partial charge on any atom is -0.493 e. The summed E-state index contributed by atoms with van der Waals surface area (Å²) in [6, 6.07) is 3.44. The van der Waals surface area contributed by atoms with Crippen molar-refractivity contribution in [2.45, 2.75) is 38.9 Å². The summed E-state index contributed by atoms with van der Waals surface area (Å²) in [4.78, 5) is 12.1. The van der Waals surface area contributed by atoms with Crippen molar-refractivity contribution >= 4 is 11.8 Å². The Morgan fingerprint density at radius 1 is 1.21 bits per heavy atom. The SMILES string of the molecule is COc1cc(OC2(C)CNC2)cc(NC(=O)OC(C)(C)C)c1OC. The Kier molecular flexibility index (Phi) is 5.13. The highest BCUT2D eigenvalue weighted by molar-refractivity contribution is 5.88. The highest BCUT2D eigenvalue weighted by atomic mass is 16.6. The molecule has 1 aromatic rings. The number of anilines is 1. The van der Waals surface area contributed by atoms with Crippen LogP contribution in [0.1, 0.15) is 27.7 Å². The summed E-state index contributed by atoms with van der Waals surface area (Å²) in [7, 11) is 3.04. The van der Waals surface area contributed by atoms with Gasteiger partial charge in [-0.3, -0.25) is 5.32 Å². The molecule has 1 aromatic carbocycles. The van der Waals surface area contributed by atoms with Crippen molar-refractivity contribution < 1.29 is 23.7 Å². The van der Waals surface area contributed by atoms with Gasteiger partial charge in [0, 0.05) is 25.2 Å². The van der Waals surface area contributed by atoms with E-state index in [9.17, 15) is 4.79 Å². The zero-order chi connectivity index (χ0) is 18.0. The van der Waals surface area contributed by atoms with Crippen molar-refractivity contribution in [2.75, 3.05) is 32.6 Å². The van der Waals surface area contributed by atoms with Crippen molar-refractivity contribution in [3.05, 3.63) is 12.1 Å². The van der Waals surface area contributed by atoms with Crippen LogP contribution in [0.5, 0.6) is 17.2 Å². The first-order chi connectivity index (χ1) is 11.2. The van der Waals surface area contributed by atoms with Crippen LogP contribution in [-0.2, 0) is 4.74 Å². The fourth-order valence-corrected chi connectivity index (χ4v) is 2.34. The van der Waals surface area contributed by atoms with Crippen LogP contribution in [0.3, 0.4) is 0 Å². The van der Waals surface area contributed by atoms with E-state index in [0.717, 1.165) is 13.1 Å². The van der Waals surface area contributed by atoms with Crippen molar-refractivity contribution in [3.8, 4) is 17.2 Å². The summed E-state index contributed by atoms with van der Waals surface area (Å²) >= 11 is 0. The van der Waals surface area contributed by atoms with Crippen LogP contribution in [0.4, 0.5) is 10.5 Å². The topological polar surface area (TPSA) is 78.1 Å². The molecule has 0 spiro atoms. The number of amides is 1.